The zero-order valence-electron chi connectivity index (χ0n) is 12.6. The molecule has 8 heteroatoms. The highest BCUT2D eigenvalue weighted by atomic mass is 35.5. The zero-order valence-corrected chi connectivity index (χ0v) is 13.4. The van der Waals surface area contributed by atoms with Gasteiger partial charge in [-0.2, -0.15) is 13.2 Å². The molecule has 2 amide bonds. The van der Waals surface area contributed by atoms with E-state index in [1.165, 1.54) is 30.3 Å². The van der Waals surface area contributed by atoms with Crippen LogP contribution in [0.3, 0.4) is 0 Å². The molecule has 130 valence electrons. The summed E-state index contributed by atoms with van der Waals surface area (Å²) in [5.74, 6) is -1.25. The summed E-state index contributed by atoms with van der Waals surface area (Å²) in [4.78, 5) is 23.5. The number of hydrazine groups is 1. The Balaban J connectivity index is 1.91. The lowest BCUT2D eigenvalue weighted by Gasteiger charge is -2.07. The largest absolute Gasteiger partial charge is 0.416 e. The number of rotatable bonds is 3. The van der Waals surface area contributed by atoms with Gasteiger partial charge >= 0.3 is 6.18 Å². The van der Waals surface area contributed by atoms with Gasteiger partial charge in [0, 0.05) is 6.08 Å². The molecule has 0 aliphatic heterocycles. The fourth-order valence-electron chi connectivity index (χ4n) is 1.83. The van der Waals surface area contributed by atoms with Gasteiger partial charge in [-0.25, -0.2) is 0 Å². The maximum absolute atomic E-state index is 12.4. The number of hydrogen-bond acceptors (Lipinski definition) is 2. The van der Waals surface area contributed by atoms with Gasteiger partial charge in [-0.1, -0.05) is 35.9 Å². The van der Waals surface area contributed by atoms with Crippen LogP contribution in [0.4, 0.5) is 13.2 Å². The first-order valence-corrected chi connectivity index (χ1v) is 7.35. The van der Waals surface area contributed by atoms with Crippen molar-refractivity contribution in [1.29, 1.82) is 0 Å². The van der Waals surface area contributed by atoms with E-state index in [4.69, 9.17) is 11.6 Å². The molecule has 2 aromatic rings. The van der Waals surface area contributed by atoms with E-state index >= 15 is 0 Å². The summed E-state index contributed by atoms with van der Waals surface area (Å²) >= 11 is 5.85. The van der Waals surface area contributed by atoms with Crippen molar-refractivity contribution in [1.82, 2.24) is 10.9 Å². The van der Waals surface area contributed by atoms with Gasteiger partial charge in [0.2, 0.25) is 0 Å². The van der Waals surface area contributed by atoms with Crippen LogP contribution in [0.25, 0.3) is 6.08 Å². The number of hydrogen-bond donors (Lipinski definition) is 2. The van der Waals surface area contributed by atoms with Crippen molar-refractivity contribution in [3.63, 3.8) is 0 Å². The Morgan fingerprint density at radius 1 is 0.960 bits per heavy atom. The quantitative estimate of drug-likeness (QED) is 0.639. The average Bonchev–Trinajstić information content (AvgIpc) is 2.58. The van der Waals surface area contributed by atoms with Gasteiger partial charge in [-0.05, 0) is 35.9 Å². The second-order valence-electron chi connectivity index (χ2n) is 4.88. The molecule has 4 nitrogen and oxygen atoms in total. The van der Waals surface area contributed by atoms with E-state index in [1.807, 2.05) is 0 Å². The molecule has 2 N–H and O–H groups in total. The number of carbonyl (C=O) groups is 2. The molecule has 0 fully saturated rings. The fraction of sp³-hybridized carbons (Fsp3) is 0.0588. The van der Waals surface area contributed by atoms with Crippen LogP contribution in [0.1, 0.15) is 21.5 Å². The molecule has 0 aliphatic rings. The number of halogens is 4. The topological polar surface area (TPSA) is 58.2 Å². The highest BCUT2D eigenvalue weighted by Gasteiger charge is 2.29. The van der Waals surface area contributed by atoms with Gasteiger partial charge < -0.3 is 0 Å². The summed E-state index contributed by atoms with van der Waals surface area (Å²) in [6.45, 7) is 0. The van der Waals surface area contributed by atoms with Crippen LogP contribution in [-0.2, 0) is 11.0 Å². The lowest BCUT2D eigenvalue weighted by Crippen LogP contribution is -2.40. The van der Waals surface area contributed by atoms with Crippen LogP contribution in [0.2, 0.25) is 5.02 Å². The van der Waals surface area contributed by atoms with Crippen molar-refractivity contribution in [2.75, 3.05) is 0 Å². The zero-order chi connectivity index (χ0) is 18.4. The van der Waals surface area contributed by atoms with Crippen molar-refractivity contribution < 1.29 is 22.8 Å². The van der Waals surface area contributed by atoms with Gasteiger partial charge in [-0.3, -0.25) is 20.4 Å². The molecule has 0 aliphatic carbocycles. The predicted octanol–water partition coefficient (Wildman–Crippen LogP) is 3.83. The van der Waals surface area contributed by atoms with E-state index in [0.717, 1.165) is 18.2 Å². The molecular weight excluding hydrogens is 357 g/mol. The van der Waals surface area contributed by atoms with E-state index in [-0.39, 0.29) is 10.6 Å². The Bertz CT molecular complexity index is 802. The molecule has 0 heterocycles. The Kier molecular flexibility index (Phi) is 5.82. The summed E-state index contributed by atoms with van der Waals surface area (Å²) < 4.78 is 37.3. The van der Waals surface area contributed by atoms with Crippen LogP contribution in [0.5, 0.6) is 0 Å². The second kappa shape index (κ2) is 7.85. The van der Waals surface area contributed by atoms with Crippen LogP contribution in [0, 0.1) is 0 Å². The maximum atomic E-state index is 12.4. The number of alkyl halides is 3. The predicted molar refractivity (Wildman–Crippen MR) is 87.5 cm³/mol. The minimum absolute atomic E-state index is 0.191. The minimum Gasteiger partial charge on any atom is -0.268 e. The van der Waals surface area contributed by atoms with Crippen molar-refractivity contribution in [2.45, 2.75) is 6.18 Å². The fourth-order valence-corrected chi connectivity index (χ4v) is 2.05. The van der Waals surface area contributed by atoms with E-state index in [9.17, 15) is 22.8 Å². The lowest BCUT2D eigenvalue weighted by molar-refractivity contribution is -0.137. The molecule has 0 atom stereocenters. The Hall–Kier alpha value is -2.80. The third-order valence-corrected chi connectivity index (χ3v) is 3.41. The number of carbonyl (C=O) groups excluding carboxylic acids is 2. The minimum atomic E-state index is -4.41. The second-order valence-corrected chi connectivity index (χ2v) is 5.28. The van der Waals surface area contributed by atoms with Crippen LogP contribution >= 0.6 is 11.6 Å². The summed E-state index contributed by atoms with van der Waals surface area (Å²) in [6.07, 6.45) is -2.02. The van der Waals surface area contributed by atoms with Gasteiger partial charge in [-0.15, -0.1) is 0 Å². The summed E-state index contributed by atoms with van der Waals surface area (Å²) in [5.41, 5.74) is 4.15. The van der Waals surface area contributed by atoms with Gasteiger partial charge in [0.25, 0.3) is 11.8 Å². The average molecular weight is 369 g/mol. The van der Waals surface area contributed by atoms with E-state index in [1.54, 1.807) is 12.1 Å². The molecule has 0 bridgehead atoms. The monoisotopic (exact) mass is 368 g/mol. The van der Waals surface area contributed by atoms with Crippen molar-refractivity contribution in [3.05, 3.63) is 76.3 Å². The molecular formula is C17H12ClF3N2O2. The van der Waals surface area contributed by atoms with Gasteiger partial charge in [0.1, 0.15) is 0 Å². The van der Waals surface area contributed by atoms with Crippen molar-refractivity contribution in [2.24, 2.45) is 0 Å². The first-order chi connectivity index (χ1) is 11.8. The number of nitrogens with one attached hydrogen (secondary N) is 2. The van der Waals surface area contributed by atoms with Crippen LogP contribution in [0.15, 0.2) is 54.6 Å². The SMILES string of the molecule is O=C(/C=C/c1ccc(C(F)(F)F)cc1)NNC(=O)c1ccccc1Cl. The third-order valence-electron chi connectivity index (χ3n) is 3.08. The van der Waals surface area contributed by atoms with Crippen LogP contribution in [-0.4, -0.2) is 11.8 Å². The highest BCUT2D eigenvalue weighted by Crippen LogP contribution is 2.29. The summed E-state index contributed by atoms with van der Waals surface area (Å²) in [6, 6.07) is 10.6. The molecule has 0 radical (unpaired) electrons. The molecule has 2 aromatic carbocycles. The number of amides is 2. The van der Waals surface area contributed by atoms with Crippen molar-refractivity contribution in [3.8, 4) is 0 Å². The van der Waals surface area contributed by atoms with Crippen LogP contribution < -0.4 is 10.9 Å². The third kappa shape index (κ3) is 5.36. The summed E-state index contributed by atoms with van der Waals surface area (Å²) in [5, 5.41) is 0.231. The molecule has 0 spiro atoms. The Morgan fingerprint density at radius 2 is 1.60 bits per heavy atom. The van der Waals surface area contributed by atoms with E-state index in [0.29, 0.717) is 5.56 Å². The Morgan fingerprint density at radius 3 is 2.20 bits per heavy atom. The van der Waals surface area contributed by atoms with E-state index in [2.05, 4.69) is 10.9 Å². The molecule has 0 unspecified atom stereocenters. The smallest absolute Gasteiger partial charge is 0.268 e. The van der Waals surface area contributed by atoms with Gasteiger partial charge in [0.05, 0.1) is 16.1 Å². The lowest BCUT2D eigenvalue weighted by atomic mass is 10.1. The summed E-state index contributed by atoms with van der Waals surface area (Å²) in [7, 11) is 0. The van der Waals surface area contributed by atoms with Crippen molar-refractivity contribution >= 4 is 29.5 Å². The molecule has 0 saturated heterocycles. The molecule has 25 heavy (non-hydrogen) atoms. The highest BCUT2D eigenvalue weighted by molar-refractivity contribution is 6.33. The Labute approximate surface area is 146 Å². The normalized spacial score (nSPS) is 11.4. The molecule has 0 aromatic heterocycles. The molecule has 0 saturated carbocycles. The first kappa shape index (κ1) is 18.5. The number of benzene rings is 2. The standard InChI is InChI=1S/C17H12ClF3N2O2/c18-14-4-2-1-3-13(14)16(25)23-22-15(24)10-7-11-5-8-12(9-6-11)17(19,20)21/h1-10H,(H,22,24)(H,23,25)/b10-7+. The maximum Gasteiger partial charge on any atom is 0.416 e. The molecule has 2 rings (SSSR count). The van der Waals surface area contributed by atoms with E-state index < -0.39 is 23.6 Å². The first-order valence-electron chi connectivity index (χ1n) is 6.97. The van der Waals surface area contributed by atoms with Gasteiger partial charge in [0.15, 0.2) is 0 Å².